The third kappa shape index (κ3) is 3.60. The summed E-state index contributed by atoms with van der Waals surface area (Å²) in [7, 11) is 1.63. The first-order chi connectivity index (χ1) is 11.2. The van der Waals surface area contributed by atoms with Gasteiger partial charge in [-0.1, -0.05) is 41.4 Å². The molecule has 0 aliphatic carbocycles. The molecule has 1 heterocycles. The molecule has 0 saturated heterocycles. The van der Waals surface area contributed by atoms with Gasteiger partial charge in [-0.05, 0) is 42.8 Å². The molecule has 0 aliphatic rings. The van der Waals surface area contributed by atoms with Crippen LogP contribution in [0.3, 0.4) is 0 Å². The van der Waals surface area contributed by atoms with E-state index < -0.39 is 0 Å². The zero-order valence-electron chi connectivity index (χ0n) is 12.8. The van der Waals surface area contributed by atoms with E-state index in [9.17, 15) is 0 Å². The van der Waals surface area contributed by atoms with Gasteiger partial charge in [0.2, 0.25) is 5.89 Å². The van der Waals surface area contributed by atoms with Crippen LogP contribution in [0, 0.1) is 6.92 Å². The first-order valence-electron chi connectivity index (χ1n) is 7.08. The summed E-state index contributed by atoms with van der Waals surface area (Å²) in [5.74, 6) is 1.53. The molecule has 0 radical (unpaired) electrons. The van der Waals surface area contributed by atoms with E-state index >= 15 is 0 Å². The normalized spacial score (nSPS) is 11.5. The molecule has 0 amide bonds. The van der Waals surface area contributed by atoms with Crippen LogP contribution in [-0.4, -0.2) is 17.3 Å². The number of hydrogen-bond acceptors (Lipinski definition) is 4. The Bertz CT molecular complexity index is 838. The van der Waals surface area contributed by atoms with Gasteiger partial charge in [-0.3, -0.25) is 0 Å². The lowest BCUT2D eigenvalue weighted by Crippen LogP contribution is -1.82. The monoisotopic (exact) mass is 326 g/mol. The summed E-state index contributed by atoms with van der Waals surface area (Å²) in [6.45, 7) is 2.01. The second-order valence-electron chi connectivity index (χ2n) is 5.05. The van der Waals surface area contributed by atoms with Crippen molar-refractivity contribution in [1.29, 1.82) is 0 Å². The summed E-state index contributed by atoms with van der Waals surface area (Å²) < 4.78 is 10.8. The zero-order chi connectivity index (χ0) is 16.2. The highest BCUT2D eigenvalue weighted by molar-refractivity contribution is 6.50. The highest BCUT2D eigenvalue weighted by Gasteiger charge is 2.11. The number of nitrogens with zero attached hydrogens (tertiary/aromatic N) is 2. The van der Waals surface area contributed by atoms with Crippen molar-refractivity contribution >= 4 is 22.7 Å². The Balaban J connectivity index is 1.85. The minimum atomic E-state index is 0.291. The molecule has 0 saturated carbocycles. The van der Waals surface area contributed by atoms with Gasteiger partial charge in [-0.25, -0.2) is 0 Å². The molecule has 0 aliphatic heterocycles. The van der Waals surface area contributed by atoms with Crippen LogP contribution in [0.4, 0.5) is 0 Å². The molecule has 0 unspecified atom stereocenters. The molecule has 23 heavy (non-hydrogen) atoms. The van der Waals surface area contributed by atoms with Gasteiger partial charge in [-0.15, -0.1) is 10.2 Å². The molecule has 0 fully saturated rings. The van der Waals surface area contributed by atoms with Crippen LogP contribution in [0.15, 0.2) is 52.9 Å². The van der Waals surface area contributed by atoms with Crippen molar-refractivity contribution in [2.24, 2.45) is 0 Å². The summed E-state index contributed by atoms with van der Waals surface area (Å²) >= 11 is 6.28. The number of benzene rings is 2. The van der Waals surface area contributed by atoms with Crippen molar-refractivity contribution in [3.8, 4) is 17.2 Å². The number of aryl methyl sites for hydroxylation is 1. The highest BCUT2D eigenvalue weighted by atomic mass is 35.5. The molecule has 3 aromatic rings. The van der Waals surface area contributed by atoms with E-state index in [2.05, 4.69) is 10.2 Å². The maximum atomic E-state index is 6.28. The SMILES string of the molecule is COc1ccc(/C=C(\Cl)c2nnc(-c3cccc(C)c3)o2)cc1. The zero-order valence-corrected chi connectivity index (χ0v) is 13.5. The van der Waals surface area contributed by atoms with E-state index in [0.29, 0.717) is 16.8 Å². The minimum absolute atomic E-state index is 0.291. The van der Waals surface area contributed by atoms with Gasteiger partial charge in [0.05, 0.1) is 7.11 Å². The van der Waals surface area contributed by atoms with Gasteiger partial charge < -0.3 is 9.15 Å². The van der Waals surface area contributed by atoms with E-state index in [4.69, 9.17) is 20.8 Å². The van der Waals surface area contributed by atoms with Gasteiger partial charge >= 0.3 is 0 Å². The Labute approximate surface area is 139 Å². The number of ether oxygens (including phenoxy) is 1. The fourth-order valence-electron chi connectivity index (χ4n) is 2.12. The minimum Gasteiger partial charge on any atom is -0.497 e. The van der Waals surface area contributed by atoms with Gasteiger partial charge in [-0.2, -0.15) is 0 Å². The van der Waals surface area contributed by atoms with Gasteiger partial charge in [0, 0.05) is 5.56 Å². The standard InChI is InChI=1S/C18H15ClN2O2/c1-12-4-3-5-14(10-12)17-20-21-18(23-17)16(19)11-13-6-8-15(22-2)9-7-13/h3-11H,1-2H3/b16-11-. The van der Waals surface area contributed by atoms with Crippen molar-refractivity contribution in [3.63, 3.8) is 0 Å². The molecule has 0 N–H and O–H groups in total. The average Bonchev–Trinajstić information content (AvgIpc) is 3.06. The third-order valence-corrected chi connectivity index (χ3v) is 3.57. The van der Waals surface area contributed by atoms with E-state index in [1.54, 1.807) is 13.2 Å². The Morgan fingerprint density at radius 3 is 2.61 bits per heavy atom. The molecule has 4 nitrogen and oxygen atoms in total. The molecule has 0 bridgehead atoms. The molecular formula is C18H15ClN2O2. The predicted molar refractivity (Wildman–Crippen MR) is 91.2 cm³/mol. The fourth-order valence-corrected chi connectivity index (χ4v) is 2.33. The molecule has 0 spiro atoms. The van der Waals surface area contributed by atoms with E-state index in [1.807, 2.05) is 55.5 Å². The summed E-state index contributed by atoms with van der Waals surface area (Å²) in [6.07, 6.45) is 1.77. The Hall–Kier alpha value is -2.59. The third-order valence-electron chi connectivity index (χ3n) is 3.30. The summed E-state index contributed by atoms with van der Waals surface area (Å²) in [5.41, 5.74) is 2.92. The van der Waals surface area contributed by atoms with Crippen LogP contribution >= 0.6 is 11.6 Å². The first kappa shape index (κ1) is 15.3. The number of methoxy groups -OCH3 is 1. The van der Waals surface area contributed by atoms with Crippen LogP contribution in [0.2, 0.25) is 0 Å². The lowest BCUT2D eigenvalue weighted by molar-refractivity contribution is 0.415. The maximum absolute atomic E-state index is 6.28. The maximum Gasteiger partial charge on any atom is 0.259 e. The van der Waals surface area contributed by atoms with Crippen LogP contribution in [-0.2, 0) is 0 Å². The van der Waals surface area contributed by atoms with Gasteiger partial charge in [0.25, 0.3) is 5.89 Å². The Morgan fingerprint density at radius 2 is 1.91 bits per heavy atom. The average molecular weight is 327 g/mol. The molecule has 2 aromatic carbocycles. The van der Waals surface area contributed by atoms with E-state index in [0.717, 1.165) is 22.4 Å². The molecule has 3 rings (SSSR count). The van der Waals surface area contributed by atoms with Crippen molar-refractivity contribution in [2.75, 3.05) is 7.11 Å². The predicted octanol–water partition coefficient (Wildman–Crippen LogP) is 4.79. The molecular weight excluding hydrogens is 312 g/mol. The van der Waals surface area contributed by atoms with E-state index in [-0.39, 0.29) is 0 Å². The van der Waals surface area contributed by atoms with Crippen molar-refractivity contribution in [1.82, 2.24) is 10.2 Å². The van der Waals surface area contributed by atoms with Crippen molar-refractivity contribution in [3.05, 3.63) is 65.5 Å². The highest BCUT2D eigenvalue weighted by Crippen LogP contribution is 2.26. The fraction of sp³-hybridized carbons (Fsp3) is 0.111. The Kier molecular flexibility index (Phi) is 4.44. The number of hydrogen-bond donors (Lipinski definition) is 0. The second kappa shape index (κ2) is 6.67. The van der Waals surface area contributed by atoms with E-state index in [1.165, 1.54) is 0 Å². The molecule has 5 heteroatoms. The Morgan fingerprint density at radius 1 is 1.13 bits per heavy atom. The second-order valence-corrected chi connectivity index (χ2v) is 5.45. The number of rotatable bonds is 4. The lowest BCUT2D eigenvalue weighted by atomic mass is 10.1. The summed E-state index contributed by atoms with van der Waals surface area (Å²) in [4.78, 5) is 0. The first-order valence-corrected chi connectivity index (χ1v) is 7.45. The summed E-state index contributed by atoms with van der Waals surface area (Å²) in [6, 6.07) is 15.4. The van der Waals surface area contributed by atoms with Crippen molar-refractivity contribution < 1.29 is 9.15 Å². The topological polar surface area (TPSA) is 48.2 Å². The van der Waals surface area contributed by atoms with Gasteiger partial charge in [0.1, 0.15) is 10.8 Å². The lowest BCUT2D eigenvalue weighted by Gasteiger charge is -1.99. The van der Waals surface area contributed by atoms with Crippen molar-refractivity contribution in [2.45, 2.75) is 6.92 Å². The number of aromatic nitrogens is 2. The van der Waals surface area contributed by atoms with Crippen LogP contribution < -0.4 is 4.74 Å². The summed E-state index contributed by atoms with van der Waals surface area (Å²) in [5, 5.41) is 8.46. The molecule has 0 atom stereocenters. The van der Waals surface area contributed by atoms with Crippen LogP contribution in [0.5, 0.6) is 5.75 Å². The largest absolute Gasteiger partial charge is 0.497 e. The molecule has 1 aromatic heterocycles. The molecule has 116 valence electrons. The van der Waals surface area contributed by atoms with Gasteiger partial charge in [0.15, 0.2) is 0 Å². The smallest absolute Gasteiger partial charge is 0.259 e. The van der Waals surface area contributed by atoms with Crippen LogP contribution in [0.1, 0.15) is 17.0 Å². The number of halogens is 1. The van der Waals surface area contributed by atoms with Crippen LogP contribution in [0.25, 0.3) is 22.6 Å². The quantitative estimate of drug-likeness (QED) is 0.691.